The van der Waals surface area contributed by atoms with Crippen LogP contribution in [0.25, 0.3) is 0 Å². The number of fused-ring (bicyclic) bond motifs is 1. The first-order valence-corrected chi connectivity index (χ1v) is 11.3. The predicted molar refractivity (Wildman–Crippen MR) is 117 cm³/mol. The minimum atomic E-state index is -3.75. The highest BCUT2D eigenvalue weighted by atomic mass is 32.2. The minimum absolute atomic E-state index is 0.152. The van der Waals surface area contributed by atoms with Crippen LogP contribution >= 0.6 is 0 Å². The molecule has 8 heteroatoms. The van der Waals surface area contributed by atoms with E-state index in [2.05, 4.69) is 10.0 Å². The van der Waals surface area contributed by atoms with E-state index in [-0.39, 0.29) is 23.5 Å². The fourth-order valence-corrected chi connectivity index (χ4v) is 4.40. The molecule has 0 spiro atoms. The second kappa shape index (κ2) is 8.69. The Morgan fingerprint density at radius 1 is 0.968 bits per heavy atom. The third kappa shape index (κ3) is 4.64. The Bertz CT molecular complexity index is 1200. The van der Waals surface area contributed by atoms with E-state index in [9.17, 15) is 13.2 Å². The topological polar surface area (TPSA) is 93.7 Å². The summed E-state index contributed by atoms with van der Waals surface area (Å²) in [6, 6.07) is 20.4. The van der Waals surface area contributed by atoms with E-state index in [1.165, 1.54) is 12.1 Å². The summed E-state index contributed by atoms with van der Waals surface area (Å²) in [6.07, 6.45) is -0.320. The van der Waals surface area contributed by atoms with Crippen LogP contribution < -0.4 is 19.5 Å². The van der Waals surface area contributed by atoms with Crippen molar-refractivity contribution < 1.29 is 22.7 Å². The predicted octanol–water partition coefficient (Wildman–Crippen LogP) is 3.37. The van der Waals surface area contributed by atoms with E-state index in [0.29, 0.717) is 34.9 Å². The van der Waals surface area contributed by atoms with Crippen LogP contribution in [0.3, 0.4) is 0 Å². The Balaban J connectivity index is 1.44. The van der Waals surface area contributed by atoms with Crippen molar-refractivity contribution in [2.75, 3.05) is 17.9 Å². The third-order valence-electron chi connectivity index (χ3n) is 4.93. The third-order valence-corrected chi connectivity index (χ3v) is 6.32. The molecule has 31 heavy (non-hydrogen) atoms. The van der Waals surface area contributed by atoms with Gasteiger partial charge in [0.2, 0.25) is 0 Å². The second-order valence-electron chi connectivity index (χ2n) is 7.10. The smallest absolute Gasteiger partial charge is 0.261 e. The average Bonchev–Trinajstić information content (AvgIpc) is 2.79. The molecular formula is C23H22N2O5S. The SMILES string of the molecule is Cc1c(NS(=O)(=O)c2ccccc2)cccc1C(=O)NC[C@H]1COc2ccccc2O1. The first-order valence-electron chi connectivity index (χ1n) is 9.78. The first kappa shape index (κ1) is 20.7. The summed E-state index contributed by atoms with van der Waals surface area (Å²) in [7, 11) is -3.75. The molecule has 3 aromatic rings. The lowest BCUT2D eigenvalue weighted by atomic mass is 10.1. The zero-order valence-corrected chi connectivity index (χ0v) is 17.7. The molecule has 2 N–H and O–H groups in total. The lowest BCUT2D eigenvalue weighted by molar-refractivity contribution is 0.0789. The van der Waals surface area contributed by atoms with Crippen molar-refractivity contribution in [1.29, 1.82) is 0 Å². The Morgan fingerprint density at radius 2 is 1.68 bits per heavy atom. The van der Waals surface area contributed by atoms with Crippen LogP contribution in [-0.2, 0) is 10.0 Å². The quantitative estimate of drug-likeness (QED) is 0.616. The number of rotatable bonds is 6. The van der Waals surface area contributed by atoms with Gasteiger partial charge in [0.05, 0.1) is 17.1 Å². The highest BCUT2D eigenvalue weighted by Crippen LogP contribution is 2.30. The van der Waals surface area contributed by atoms with Crippen molar-refractivity contribution in [2.24, 2.45) is 0 Å². The number of para-hydroxylation sites is 2. The van der Waals surface area contributed by atoms with Crippen molar-refractivity contribution in [1.82, 2.24) is 5.32 Å². The normalized spacial score (nSPS) is 15.2. The van der Waals surface area contributed by atoms with Gasteiger partial charge in [-0.05, 0) is 48.9 Å². The van der Waals surface area contributed by atoms with E-state index >= 15 is 0 Å². The number of anilines is 1. The van der Waals surface area contributed by atoms with Crippen LogP contribution in [0.15, 0.2) is 77.7 Å². The van der Waals surface area contributed by atoms with Crippen LogP contribution in [0, 0.1) is 6.92 Å². The number of carbonyl (C=O) groups excluding carboxylic acids is 1. The van der Waals surface area contributed by atoms with Crippen molar-refractivity contribution in [3.8, 4) is 11.5 Å². The molecule has 0 bridgehead atoms. The summed E-state index contributed by atoms with van der Waals surface area (Å²) >= 11 is 0. The lowest BCUT2D eigenvalue weighted by Crippen LogP contribution is -2.40. The number of ether oxygens (including phenoxy) is 2. The summed E-state index contributed by atoms with van der Waals surface area (Å²) in [5.41, 5.74) is 1.26. The van der Waals surface area contributed by atoms with Crippen molar-refractivity contribution in [3.63, 3.8) is 0 Å². The van der Waals surface area contributed by atoms with E-state index in [4.69, 9.17) is 9.47 Å². The van der Waals surface area contributed by atoms with Crippen LogP contribution in [0.5, 0.6) is 11.5 Å². The maximum Gasteiger partial charge on any atom is 0.261 e. The average molecular weight is 439 g/mol. The number of hydrogen-bond acceptors (Lipinski definition) is 5. The van der Waals surface area contributed by atoms with Crippen molar-refractivity contribution in [3.05, 3.63) is 83.9 Å². The van der Waals surface area contributed by atoms with Gasteiger partial charge in [-0.3, -0.25) is 9.52 Å². The zero-order chi connectivity index (χ0) is 21.8. The first-order chi connectivity index (χ1) is 14.9. The van der Waals surface area contributed by atoms with Gasteiger partial charge < -0.3 is 14.8 Å². The summed E-state index contributed by atoms with van der Waals surface area (Å²) < 4.78 is 39.3. The molecule has 0 aromatic heterocycles. The standard InChI is InChI=1S/C23H22N2O5S/c1-16-19(10-7-11-20(16)25-31(27,28)18-8-3-2-4-9-18)23(26)24-14-17-15-29-21-12-5-6-13-22(21)30-17/h2-13,17,25H,14-15H2,1H3,(H,24,26)/t17-/m0/s1. The monoisotopic (exact) mass is 438 g/mol. The summed E-state index contributed by atoms with van der Waals surface area (Å²) in [4.78, 5) is 12.9. The van der Waals surface area contributed by atoms with Crippen LogP contribution in [0.4, 0.5) is 5.69 Å². The molecule has 3 aromatic carbocycles. The van der Waals surface area contributed by atoms with Gasteiger partial charge in [0.15, 0.2) is 11.5 Å². The van der Waals surface area contributed by atoms with Gasteiger partial charge in [-0.2, -0.15) is 0 Å². The fraction of sp³-hybridized carbons (Fsp3) is 0.174. The molecule has 160 valence electrons. The van der Waals surface area contributed by atoms with E-state index in [1.54, 1.807) is 43.3 Å². The molecule has 0 saturated carbocycles. The fourth-order valence-electron chi connectivity index (χ4n) is 3.26. The Labute approximate surface area is 181 Å². The molecule has 0 fully saturated rings. The van der Waals surface area contributed by atoms with Gasteiger partial charge in [0.25, 0.3) is 15.9 Å². The summed E-state index contributed by atoms with van der Waals surface area (Å²) in [5.74, 6) is 1.00. The van der Waals surface area contributed by atoms with E-state index in [1.807, 2.05) is 24.3 Å². The van der Waals surface area contributed by atoms with Gasteiger partial charge >= 0.3 is 0 Å². The van der Waals surface area contributed by atoms with Gasteiger partial charge in [-0.1, -0.05) is 36.4 Å². The lowest BCUT2D eigenvalue weighted by Gasteiger charge is -2.26. The Kier molecular flexibility index (Phi) is 5.81. The van der Waals surface area contributed by atoms with Gasteiger partial charge in [-0.15, -0.1) is 0 Å². The molecule has 0 unspecified atom stereocenters. The Morgan fingerprint density at radius 3 is 2.45 bits per heavy atom. The van der Waals surface area contributed by atoms with E-state index < -0.39 is 10.0 Å². The van der Waals surface area contributed by atoms with Gasteiger partial charge in [0.1, 0.15) is 12.7 Å². The molecule has 0 saturated heterocycles. The van der Waals surface area contributed by atoms with Crippen LogP contribution in [-0.4, -0.2) is 33.6 Å². The van der Waals surface area contributed by atoms with Crippen LogP contribution in [0.2, 0.25) is 0 Å². The number of hydrogen-bond donors (Lipinski definition) is 2. The van der Waals surface area contributed by atoms with Crippen molar-refractivity contribution in [2.45, 2.75) is 17.9 Å². The molecule has 1 heterocycles. The summed E-state index contributed by atoms with van der Waals surface area (Å²) in [5, 5.41) is 2.84. The van der Waals surface area contributed by atoms with Gasteiger partial charge in [-0.25, -0.2) is 8.42 Å². The molecule has 0 radical (unpaired) electrons. The molecule has 1 aliphatic heterocycles. The van der Waals surface area contributed by atoms with Gasteiger partial charge in [0, 0.05) is 5.56 Å². The minimum Gasteiger partial charge on any atom is -0.486 e. The molecule has 1 amide bonds. The highest BCUT2D eigenvalue weighted by Gasteiger charge is 2.22. The number of carbonyl (C=O) groups is 1. The number of amides is 1. The summed E-state index contributed by atoms with van der Waals surface area (Å²) in [6.45, 7) is 2.29. The number of benzene rings is 3. The number of sulfonamides is 1. The van der Waals surface area contributed by atoms with Crippen molar-refractivity contribution >= 4 is 21.6 Å². The molecule has 7 nitrogen and oxygen atoms in total. The maximum absolute atomic E-state index is 12.8. The highest BCUT2D eigenvalue weighted by molar-refractivity contribution is 7.92. The van der Waals surface area contributed by atoms with Crippen LogP contribution in [0.1, 0.15) is 15.9 Å². The second-order valence-corrected chi connectivity index (χ2v) is 8.79. The molecule has 1 atom stereocenters. The molecule has 4 rings (SSSR count). The maximum atomic E-state index is 12.8. The molecule has 1 aliphatic rings. The number of nitrogens with one attached hydrogen (secondary N) is 2. The Hall–Kier alpha value is -3.52. The largest absolute Gasteiger partial charge is 0.486 e. The molecular weight excluding hydrogens is 416 g/mol. The van der Waals surface area contributed by atoms with E-state index in [0.717, 1.165) is 0 Å². The zero-order valence-electron chi connectivity index (χ0n) is 16.9. The molecule has 0 aliphatic carbocycles.